The van der Waals surface area contributed by atoms with E-state index in [1.807, 2.05) is 0 Å². The van der Waals surface area contributed by atoms with Crippen LogP contribution in [0.25, 0.3) is 11.0 Å². The van der Waals surface area contributed by atoms with Crippen molar-refractivity contribution >= 4 is 11.0 Å². The Bertz CT molecular complexity index is 426. The molecule has 2 rings (SSSR count). The van der Waals surface area contributed by atoms with Gasteiger partial charge in [0.1, 0.15) is 16.9 Å². The summed E-state index contributed by atoms with van der Waals surface area (Å²) in [6.45, 7) is 0.305. The molecule has 13 heavy (non-hydrogen) atoms. The van der Waals surface area contributed by atoms with Crippen LogP contribution in [0.2, 0.25) is 0 Å². The molecule has 0 unspecified atom stereocenters. The van der Waals surface area contributed by atoms with E-state index < -0.39 is 0 Å². The first kappa shape index (κ1) is 8.12. The van der Waals surface area contributed by atoms with Gasteiger partial charge in [-0.1, -0.05) is 0 Å². The number of halogens is 1. The molecular weight excluding hydrogens is 173 g/mol. The van der Waals surface area contributed by atoms with Crippen molar-refractivity contribution in [2.45, 2.75) is 6.54 Å². The summed E-state index contributed by atoms with van der Waals surface area (Å²) in [5.74, 6) is -0.330. The van der Waals surface area contributed by atoms with Gasteiger partial charge in [0, 0.05) is 6.07 Å². The lowest BCUT2D eigenvalue weighted by atomic mass is 10.3. The van der Waals surface area contributed by atoms with Crippen molar-refractivity contribution in [2.24, 2.45) is 0 Å². The molecule has 1 N–H and O–H groups in total. The van der Waals surface area contributed by atoms with Crippen LogP contribution < -0.4 is 0 Å². The minimum Gasteiger partial charge on any atom is -0.394 e. The fraction of sp³-hybridized carbons (Fsp3) is 0.250. The molecule has 0 saturated heterocycles. The molecule has 5 heteroatoms. The minimum atomic E-state index is -0.330. The van der Waals surface area contributed by atoms with E-state index in [0.29, 0.717) is 17.6 Å². The number of aromatic nitrogens is 3. The van der Waals surface area contributed by atoms with Crippen molar-refractivity contribution in [3.05, 3.63) is 24.0 Å². The molecule has 2 aromatic rings. The predicted molar refractivity (Wildman–Crippen MR) is 44.6 cm³/mol. The number of aliphatic hydroxyl groups excluding tert-OH is 1. The molecule has 0 radical (unpaired) electrons. The fourth-order valence-electron chi connectivity index (χ4n) is 1.12. The molecule has 4 nitrogen and oxygen atoms in total. The molecule has 0 fully saturated rings. The Kier molecular flexibility index (Phi) is 1.94. The third-order valence-corrected chi connectivity index (χ3v) is 1.68. The van der Waals surface area contributed by atoms with Gasteiger partial charge in [0.2, 0.25) is 0 Å². The van der Waals surface area contributed by atoms with Crippen LogP contribution in [0, 0.1) is 5.82 Å². The van der Waals surface area contributed by atoms with Crippen LogP contribution in [0.1, 0.15) is 0 Å². The van der Waals surface area contributed by atoms with Gasteiger partial charge < -0.3 is 5.11 Å². The van der Waals surface area contributed by atoms with Gasteiger partial charge in [0.15, 0.2) is 0 Å². The molecule has 1 aromatic heterocycles. The highest BCUT2D eigenvalue weighted by atomic mass is 19.1. The van der Waals surface area contributed by atoms with E-state index in [1.54, 1.807) is 6.07 Å². The Balaban J connectivity index is 2.49. The Morgan fingerprint density at radius 1 is 1.31 bits per heavy atom. The SMILES string of the molecule is OCCn1nc2ccc(F)cc2n1. The van der Waals surface area contributed by atoms with Crippen molar-refractivity contribution in [3.63, 3.8) is 0 Å². The number of hydrogen-bond donors (Lipinski definition) is 1. The monoisotopic (exact) mass is 181 g/mol. The number of aliphatic hydroxyl groups is 1. The van der Waals surface area contributed by atoms with Crippen molar-refractivity contribution in [1.82, 2.24) is 15.0 Å². The summed E-state index contributed by atoms with van der Waals surface area (Å²) in [6, 6.07) is 4.21. The number of benzene rings is 1. The third kappa shape index (κ3) is 1.50. The van der Waals surface area contributed by atoms with E-state index in [9.17, 15) is 4.39 Å². The fourth-order valence-corrected chi connectivity index (χ4v) is 1.12. The number of rotatable bonds is 2. The molecule has 0 aliphatic heterocycles. The second-order valence-electron chi connectivity index (χ2n) is 2.65. The average molecular weight is 181 g/mol. The van der Waals surface area contributed by atoms with E-state index in [4.69, 9.17) is 5.11 Å². The maximum absolute atomic E-state index is 12.7. The first-order valence-electron chi connectivity index (χ1n) is 3.91. The summed E-state index contributed by atoms with van der Waals surface area (Å²) in [7, 11) is 0. The highest BCUT2D eigenvalue weighted by Crippen LogP contribution is 2.09. The van der Waals surface area contributed by atoms with Crippen LogP contribution in [0.3, 0.4) is 0 Å². The van der Waals surface area contributed by atoms with Crippen molar-refractivity contribution in [2.75, 3.05) is 6.61 Å². The lowest BCUT2D eigenvalue weighted by Crippen LogP contribution is -2.05. The molecule has 1 heterocycles. The summed E-state index contributed by atoms with van der Waals surface area (Å²) in [4.78, 5) is 1.35. The summed E-state index contributed by atoms with van der Waals surface area (Å²) in [5.41, 5.74) is 1.14. The van der Waals surface area contributed by atoms with Gasteiger partial charge in [-0.3, -0.25) is 0 Å². The summed E-state index contributed by atoms with van der Waals surface area (Å²) < 4.78 is 12.7. The van der Waals surface area contributed by atoms with Gasteiger partial charge in [0.05, 0.1) is 13.2 Å². The van der Waals surface area contributed by atoms with Crippen LogP contribution in [-0.4, -0.2) is 26.7 Å². The quantitative estimate of drug-likeness (QED) is 0.736. The van der Waals surface area contributed by atoms with Crippen LogP contribution in [-0.2, 0) is 6.54 Å². The van der Waals surface area contributed by atoms with Crippen molar-refractivity contribution in [3.8, 4) is 0 Å². The summed E-state index contributed by atoms with van der Waals surface area (Å²) >= 11 is 0. The van der Waals surface area contributed by atoms with E-state index in [-0.39, 0.29) is 12.4 Å². The minimum absolute atomic E-state index is 0.0243. The molecule has 0 atom stereocenters. The van der Waals surface area contributed by atoms with Crippen LogP contribution >= 0.6 is 0 Å². The highest BCUT2D eigenvalue weighted by Gasteiger charge is 2.02. The highest BCUT2D eigenvalue weighted by molar-refractivity contribution is 5.73. The average Bonchev–Trinajstić information content (AvgIpc) is 2.46. The lowest BCUT2D eigenvalue weighted by Gasteiger charge is -1.90. The smallest absolute Gasteiger partial charge is 0.125 e. The van der Waals surface area contributed by atoms with E-state index >= 15 is 0 Å². The Labute approximate surface area is 73.6 Å². The van der Waals surface area contributed by atoms with E-state index in [2.05, 4.69) is 10.2 Å². The lowest BCUT2D eigenvalue weighted by molar-refractivity contribution is 0.261. The maximum atomic E-state index is 12.7. The first-order valence-corrected chi connectivity index (χ1v) is 3.91. The third-order valence-electron chi connectivity index (χ3n) is 1.68. The van der Waals surface area contributed by atoms with Gasteiger partial charge in [-0.15, -0.1) is 0 Å². The molecule has 1 aromatic carbocycles. The van der Waals surface area contributed by atoms with Gasteiger partial charge >= 0.3 is 0 Å². The van der Waals surface area contributed by atoms with Gasteiger partial charge in [-0.05, 0) is 12.1 Å². The van der Waals surface area contributed by atoms with E-state index in [0.717, 1.165) is 0 Å². The van der Waals surface area contributed by atoms with Crippen molar-refractivity contribution in [1.29, 1.82) is 0 Å². The molecule has 0 bridgehead atoms. The van der Waals surface area contributed by atoms with E-state index in [1.165, 1.54) is 16.9 Å². The van der Waals surface area contributed by atoms with Crippen LogP contribution in [0.5, 0.6) is 0 Å². The molecular formula is C8H8FN3O. The molecule has 68 valence electrons. The normalized spacial score (nSPS) is 10.9. The number of fused-ring (bicyclic) bond motifs is 1. The predicted octanol–water partition coefficient (Wildman–Crippen LogP) is 0.563. The second kappa shape index (κ2) is 3.10. The zero-order valence-corrected chi connectivity index (χ0v) is 6.81. The molecule has 0 amide bonds. The standard InChI is InChI=1S/C8H8FN3O/c9-6-1-2-7-8(5-6)11-12(10-7)3-4-13/h1-2,5,13H,3-4H2. The van der Waals surface area contributed by atoms with Gasteiger partial charge in [-0.25, -0.2) is 4.39 Å². The first-order chi connectivity index (χ1) is 6.29. The molecule has 0 spiro atoms. The van der Waals surface area contributed by atoms with Crippen LogP contribution in [0.4, 0.5) is 4.39 Å². The molecule has 0 saturated carbocycles. The summed E-state index contributed by atoms with van der Waals surface area (Å²) in [6.07, 6.45) is 0. The molecule has 0 aliphatic rings. The topological polar surface area (TPSA) is 50.9 Å². The Morgan fingerprint density at radius 2 is 2.08 bits per heavy atom. The molecule has 0 aliphatic carbocycles. The number of hydrogen-bond acceptors (Lipinski definition) is 3. The summed E-state index contributed by atoms with van der Waals surface area (Å²) in [5, 5.41) is 16.6. The Hall–Kier alpha value is -1.49. The van der Waals surface area contributed by atoms with Crippen molar-refractivity contribution < 1.29 is 9.50 Å². The largest absolute Gasteiger partial charge is 0.394 e. The van der Waals surface area contributed by atoms with Crippen LogP contribution in [0.15, 0.2) is 18.2 Å². The van der Waals surface area contributed by atoms with Gasteiger partial charge in [-0.2, -0.15) is 15.0 Å². The zero-order valence-electron chi connectivity index (χ0n) is 6.81. The zero-order chi connectivity index (χ0) is 9.26. The number of nitrogens with zero attached hydrogens (tertiary/aromatic N) is 3. The Morgan fingerprint density at radius 3 is 2.85 bits per heavy atom. The maximum Gasteiger partial charge on any atom is 0.125 e. The second-order valence-corrected chi connectivity index (χ2v) is 2.65. The van der Waals surface area contributed by atoms with Gasteiger partial charge in [0.25, 0.3) is 0 Å².